The molecule has 0 saturated heterocycles. The summed E-state index contributed by atoms with van der Waals surface area (Å²) < 4.78 is 0.903. The molecule has 0 aliphatic heterocycles. The standard InChI is InChI=1S/C10H7BrO2/c11-7-2-1-6-3-8(12)5-10(13)9(6)4-7/h1-2,4-5,13H,3H2. The van der Waals surface area contributed by atoms with Gasteiger partial charge in [-0.2, -0.15) is 0 Å². The number of fused-ring (bicyclic) bond motifs is 1. The van der Waals surface area contributed by atoms with Gasteiger partial charge in [0.1, 0.15) is 5.76 Å². The largest absolute Gasteiger partial charge is 0.507 e. The van der Waals surface area contributed by atoms with E-state index in [1.165, 1.54) is 6.08 Å². The second-order valence-corrected chi connectivity index (χ2v) is 3.89. The fourth-order valence-electron chi connectivity index (χ4n) is 1.41. The van der Waals surface area contributed by atoms with Crippen LogP contribution in [0.15, 0.2) is 28.7 Å². The van der Waals surface area contributed by atoms with Crippen molar-refractivity contribution in [3.8, 4) is 0 Å². The van der Waals surface area contributed by atoms with Crippen molar-refractivity contribution in [2.75, 3.05) is 0 Å². The van der Waals surface area contributed by atoms with Crippen LogP contribution < -0.4 is 0 Å². The maximum absolute atomic E-state index is 11.1. The van der Waals surface area contributed by atoms with Crippen LogP contribution in [0.1, 0.15) is 11.1 Å². The average molecular weight is 239 g/mol. The monoisotopic (exact) mass is 238 g/mol. The molecule has 0 aromatic heterocycles. The van der Waals surface area contributed by atoms with Crippen molar-refractivity contribution in [2.45, 2.75) is 6.42 Å². The van der Waals surface area contributed by atoms with Crippen LogP contribution in [0, 0.1) is 0 Å². The third-order valence-electron chi connectivity index (χ3n) is 2.01. The van der Waals surface area contributed by atoms with Crippen LogP contribution in [-0.4, -0.2) is 10.9 Å². The Bertz CT molecular complexity index is 407. The van der Waals surface area contributed by atoms with Crippen LogP contribution in [-0.2, 0) is 11.2 Å². The minimum atomic E-state index is -0.0488. The third-order valence-corrected chi connectivity index (χ3v) is 2.50. The Balaban J connectivity index is 2.60. The van der Waals surface area contributed by atoms with E-state index in [1.54, 1.807) is 0 Å². The molecule has 1 N–H and O–H groups in total. The fraction of sp³-hybridized carbons (Fsp3) is 0.100. The number of ketones is 1. The number of carbonyl (C=O) groups excluding carboxylic acids is 1. The molecule has 1 aromatic carbocycles. The van der Waals surface area contributed by atoms with Crippen molar-refractivity contribution in [3.05, 3.63) is 39.9 Å². The van der Waals surface area contributed by atoms with Gasteiger partial charge in [-0.05, 0) is 17.7 Å². The Morgan fingerprint density at radius 3 is 2.92 bits per heavy atom. The summed E-state index contributed by atoms with van der Waals surface area (Å²) in [4.78, 5) is 11.1. The summed E-state index contributed by atoms with van der Waals surface area (Å²) in [5, 5.41) is 9.48. The average Bonchev–Trinajstić information content (AvgIpc) is 2.06. The van der Waals surface area contributed by atoms with E-state index in [0.717, 1.165) is 15.6 Å². The van der Waals surface area contributed by atoms with Crippen molar-refractivity contribution in [3.63, 3.8) is 0 Å². The molecule has 0 bridgehead atoms. The van der Waals surface area contributed by atoms with Crippen molar-refractivity contribution >= 4 is 27.5 Å². The van der Waals surface area contributed by atoms with Gasteiger partial charge >= 0.3 is 0 Å². The number of rotatable bonds is 0. The molecular formula is C10H7BrO2. The summed E-state index contributed by atoms with van der Waals surface area (Å²) >= 11 is 3.31. The second-order valence-electron chi connectivity index (χ2n) is 2.97. The minimum absolute atomic E-state index is 0.0488. The van der Waals surface area contributed by atoms with Gasteiger partial charge in [-0.1, -0.05) is 22.0 Å². The van der Waals surface area contributed by atoms with E-state index in [2.05, 4.69) is 15.9 Å². The van der Waals surface area contributed by atoms with E-state index < -0.39 is 0 Å². The Kier molecular flexibility index (Phi) is 1.96. The Hall–Kier alpha value is -1.09. The summed E-state index contributed by atoms with van der Waals surface area (Å²) in [5.41, 5.74) is 1.63. The first kappa shape index (κ1) is 8.51. The SMILES string of the molecule is O=C1C=C(O)c2cc(Br)ccc2C1. The molecule has 0 fully saturated rings. The zero-order valence-electron chi connectivity index (χ0n) is 6.75. The molecule has 0 atom stereocenters. The molecular weight excluding hydrogens is 232 g/mol. The Labute approximate surface area is 84.0 Å². The van der Waals surface area contributed by atoms with Crippen molar-refractivity contribution in [2.24, 2.45) is 0 Å². The predicted molar refractivity (Wildman–Crippen MR) is 53.5 cm³/mol. The van der Waals surface area contributed by atoms with Crippen molar-refractivity contribution in [1.29, 1.82) is 0 Å². The van der Waals surface area contributed by atoms with Crippen LogP contribution in [0.5, 0.6) is 0 Å². The van der Waals surface area contributed by atoms with Gasteiger partial charge in [-0.25, -0.2) is 0 Å². The molecule has 2 rings (SSSR count). The lowest BCUT2D eigenvalue weighted by Gasteiger charge is -2.12. The topological polar surface area (TPSA) is 37.3 Å². The lowest BCUT2D eigenvalue weighted by atomic mass is 9.95. The predicted octanol–water partition coefficient (Wildman–Crippen LogP) is 2.47. The molecule has 0 spiro atoms. The fourth-order valence-corrected chi connectivity index (χ4v) is 1.77. The number of aliphatic hydroxyl groups excluding tert-OH is 1. The molecule has 3 heteroatoms. The summed E-state index contributed by atoms with van der Waals surface area (Å²) in [6, 6.07) is 5.53. The van der Waals surface area contributed by atoms with Crippen LogP contribution in [0.4, 0.5) is 0 Å². The lowest BCUT2D eigenvalue weighted by Crippen LogP contribution is -2.08. The molecule has 0 saturated carbocycles. The molecule has 0 radical (unpaired) electrons. The van der Waals surface area contributed by atoms with E-state index in [4.69, 9.17) is 0 Å². The molecule has 1 aromatic rings. The minimum Gasteiger partial charge on any atom is -0.507 e. The maximum Gasteiger partial charge on any atom is 0.163 e. The van der Waals surface area contributed by atoms with E-state index in [-0.39, 0.29) is 11.5 Å². The number of allylic oxidation sites excluding steroid dienone is 1. The number of hydrogen-bond acceptors (Lipinski definition) is 2. The van der Waals surface area contributed by atoms with Gasteiger partial charge in [-0.3, -0.25) is 4.79 Å². The summed E-state index contributed by atoms with van der Waals surface area (Å²) in [6.45, 7) is 0. The first-order valence-corrected chi connectivity index (χ1v) is 4.68. The normalized spacial score (nSPS) is 15.2. The van der Waals surface area contributed by atoms with Gasteiger partial charge in [0.25, 0.3) is 0 Å². The molecule has 0 heterocycles. The lowest BCUT2D eigenvalue weighted by molar-refractivity contribution is -0.114. The van der Waals surface area contributed by atoms with Gasteiger partial charge in [0, 0.05) is 22.5 Å². The molecule has 2 nitrogen and oxygen atoms in total. The highest BCUT2D eigenvalue weighted by Gasteiger charge is 2.16. The Morgan fingerprint density at radius 1 is 1.38 bits per heavy atom. The molecule has 13 heavy (non-hydrogen) atoms. The highest BCUT2D eigenvalue weighted by Crippen LogP contribution is 2.25. The van der Waals surface area contributed by atoms with Gasteiger partial charge in [-0.15, -0.1) is 0 Å². The summed E-state index contributed by atoms with van der Waals surface area (Å²) in [6.07, 6.45) is 1.65. The smallest absolute Gasteiger partial charge is 0.163 e. The van der Waals surface area contributed by atoms with E-state index in [9.17, 15) is 9.90 Å². The molecule has 66 valence electrons. The van der Waals surface area contributed by atoms with E-state index in [0.29, 0.717) is 6.42 Å². The number of benzene rings is 1. The quantitative estimate of drug-likeness (QED) is 0.755. The maximum atomic E-state index is 11.1. The molecule has 0 amide bonds. The zero-order valence-corrected chi connectivity index (χ0v) is 8.34. The van der Waals surface area contributed by atoms with Crippen LogP contribution in [0.3, 0.4) is 0 Å². The number of halogens is 1. The van der Waals surface area contributed by atoms with E-state index >= 15 is 0 Å². The highest BCUT2D eigenvalue weighted by molar-refractivity contribution is 9.10. The van der Waals surface area contributed by atoms with Gasteiger partial charge in [0.05, 0.1) is 0 Å². The summed E-state index contributed by atoms with van der Waals surface area (Å²) in [7, 11) is 0. The third kappa shape index (κ3) is 1.52. The first-order valence-electron chi connectivity index (χ1n) is 3.89. The van der Waals surface area contributed by atoms with Crippen LogP contribution >= 0.6 is 15.9 Å². The molecule has 0 unspecified atom stereocenters. The van der Waals surface area contributed by atoms with Crippen LogP contribution in [0.25, 0.3) is 5.76 Å². The first-order chi connectivity index (χ1) is 6.16. The molecule has 1 aliphatic rings. The van der Waals surface area contributed by atoms with E-state index in [1.807, 2.05) is 18.2 Å². The van der Waals surface area contributed by atoms with Gasteiger partial charge in [0.15, 0.2) is 5.78 Å². The summed E-state index contributed by atoms with van der Waals surface area (Å²) in [5.74, 6) is 0.0138. The number of carbonyl (C=O) groups is 1. The Morgan fingerprint density at radius 2 is 2.15 bits per heavy atom. The highest BCUT2D eigenvalue weighted by atomic mass is 79.9. The van der Waals surface area contributed by atoms with Crippen LogP contribution in [0.2, 0.25) is 0 Å². The number of aliphatic hydroxyl groups is 1. The zero-order chi connectivity index (χ0) is 9.42. The van der Waals surface area contributed by atoms with Crippen molar-refractivity contribution < 1.29 is 9.90 Å². The number of hydrogen-bond donors (Lipinski definition) is 1. The van der Waals surface area contributed by atoms with Crippen molar-refractivity contribution in [1.82, 2.24) is 0 Å². The van der Waals surface area contributed by atoms with Gasteiger partial charge < -0.3 is 5.11 Å². The van der Waals surface area contributed by atoms with Gasteiger partial charge in [0.2, 0.25) is 0 Å². The second kappa shape index (κ2) is 3.00. The molecule has 1 aliphatic carbocycles.